The summed E-state index contributed by atoms with van der Waals surface area (Å²) in [4.78, 5) is 14.9. The molecule has 1 aliphatic rings. The van der Waals surface area contributed by atoms with Crippen molar-refractivity contribution in [3.63, 3.8) is 0 Å². The van der Waals surface area contributed by atoms with E-state index in [1.165, 1.54) is 6.42 Å². The number of carbonyl (C=O) groups is 1. The largest absolute Gasteiger partial charge is 0.481 e. The molecule has 1 aliphatic carbocycles. The molecule has 1 fully saturated rings. The van der Waals surface area contributed by atoms with Crippen LogP contribution in [0.25, 0.3) is 0 Å². The lowest BCUT2D eigenvalue weighted by molar-refractivity contribution is -0.139. The molecule has 0 aromatic heterocycles. The number of carboxylic acids is 1. The molecule has 0 spiro atoms. The zero-order chi connectivity index (χ0) is 9.84. The quantitative estimate of drug-likeness (QED) is 0.556. The number of aliphatic imine (C=N–C) groups is 1. The van der Waals surface area contributed by atoms with Crippen molar-refractivity contribution in [2.24, 2.45) is 16.6 Å². The number of nitrogens with two attached hydrogens (primary N) is 1. The Labute approximate surface area is 90.0 Å². The Morgan fingerprint density at radius 3 is 2.50 bits per heavy atom. The van der Waals surface area contributed by atoms with E-state index in [2.05, 4.69) is 4.99 Å². The molecule has 0 radical (unpaired) electrons. The minimum Gasteiger partial charge on any atom is -0.481 e. The fourth-order valence-corrected chi connectivity index (χ4v) is 1.33. The van der Waals surface area contributed by atoms with E-state index in [0.717, 1.165) is 12.8 Å². The lowest BCUT2D eigenvalue weighted by Crippen LogP contribution is -2.32. The average Bonchev–Trinajstić information content (AvgIpc) is 1.97. The highest BCUT2D eigenvalue weighted by molar-refractivity contribution is 5.99. The summed E-state index contributed by atoms with van der Waals surface area (Å²) in [6.45, 7) is 1.81. The standard InChI is InChI=1S/C9H16N2O2.ClH/c1-2-7(9(12)13)8(10)11-6-4-3-5-6;/h6-7H,2-5H2,1H3,(H2,10,11)(H,12,13);1H/t7-;/m0./s1. The van der Waals surface area contributed by atoms with E-state index in [-0.39, 0.29) is 18.4 Å². The number of carboxylic acid groups (broad SMARTS) is 1. The van der Waals surface area contributed by atoms with Crippen LogP contribution in [0.2, 0.25) is 0 Å². The number of hydrogen-bond donors (Lipinski definition) is 2. The Balaban J connectivity index is 0.00000169. The number of nitrogens with zero attached hydrogens (tertiary/aromatic N) is 1. The SMILES string of the molecule is CC[C@H](C(=O)O)C(N)=NC1CCC1.Cl. The third kappa shape index (κ3) is 3.18. The molecule has 0 unspecified atom stereocenters. The van der Waals surface area contributed by atoms with Crippen molar-refractivity contribution in [1.29, 1.82) is 0 Å². The van der Waals surface area contributed by atoms with Crippen molar-refractivity contribution in [3.05, 3.63) is 0 Å². The van der Waals surface area contributed by atoms with E-state index in [1.54, 1.807) is 0 Å². The van der Waals surface area contributed by atoms with Gasteiger partial charge in [0.15, 0.2) is 0 Å². The van der Waals surface area contributed by atoms with Gasteiger partial charge in [0.1, 0.15) is 11.8 Å². The number of halogens is 1. The Morgan fingerprint density at radius 2 is 2.21 bits per heavy atom. The third-order valence-electron chi connectivity index (χ3n) is 2.47. The second-order valence-electron chi connectivity index (χ2n) is 3.44. The molecule has 0 aromatic carbocycles. The van der Waals surface area contributed by atoms with Gasteiger partial charge in [-0.3, -0.25) is 9.79 Å². The van der Waals surface area contributed by atoms with Gasteiger partial charge in [0.05, 0.1) is 6.04 Å². The average molecular weight is 221 g/mol. The van der Waals surface area contributed by atoms with E-state index in [1.807, 2.05) is 6.92 Å². The Bertz CT molecular complexity index is 227. The van der Waals surface area contributed by atoms with Crippen LogP contribution in [0.15, 0.2) is 4.99 Å². The van der Waals surface area contributed by atoms with Gasteiger partial charge >= 0.3 is 5.97 Å². The number of amidine groups is 1. The summed E-state index contributed by atoms with van der Waals surface area (Å²) in [6.07, 6.45) is 3.80. The molecule has 5 heteroatoms. The lowest BCUT2D eigenvalue weighted by atomic mass is 9.93. The maximum Gasteiger partial charge on any atom is 0.314 e. The van der Waals surface area contributed by atoms with Crippen LogP contribution in [0, 0.1) is 5.92 Å². The summed E-state index contributed by atoms with van der Waals surface area (Å²) >= 11 is 0. The van der Waals surface area contributed by atoms with Gasteiger partial charge in [0.2, 0.25) is 0 Å². The van der Waals surface area contributed by atoms with Gasteiger partial charge in [0.25, 0.3) is 0 Å². The topological polar surface area (TPSA) is 75.7 Å². The van der Waals surface area contributed by atoms with Crippen LogP contribution in [0.4, 0.5) is 0 Å². The summed E-state index contributed by atoms with van der Waals surface area (Å²) < 4.78 is 0. The molecule has 0 bridgehead atoms. The predicted molar refractivity (Wildman–Crippen MR) is 57.9 cm³/mol. The molecule has 0 heterocycles. The van der Waals surface area contributed by atoms with Gasteiger partial charge in [0, 0.05) is 0 Å². The van der Waals surface area contributed by atoms with Crippen molar-refractivity contribution in [1.82, 2.24) is 0 Å². The number of hydrogen-bond acceptors (Lipinski definition) is 2. The van der Waals surface area contributed by atoms with E-state index in [4.69, 9.17) is 10.8 Å². The van der Waals surface area contributed by atoms with Gasteiger partial charge in [-0.2, -0.15) is 0 Å². The molecular formula is C9H17ClN2O2. The first kappa shape index (κ1) is 13.2. The summed E-state index contributed by atoms with van der Waals surface area (Å²) in [6, 6.07) is 0.286. The van der Waals surface area contributed by atoms with Crippen molar-refractivity contribution in [2.75, 3.05) is 0 Å². The molecule has 1 atom stereocenters. The van der Waals surface area contributed by atoms with Crippen LogP contribution < -0.4 is 5.73 Å². The lowest BCUT2D eigenvalue weighted by Gasteiger charge is -2.22. The maximum absolute atomic E-state index is 10.7. The molecule has 1 saturated carbocycles. The fourth-order valence-electron chi connectivity index (χ4n) is 1.33. The first-order valence-electron chi connectivity index (χ1n) is 4.71. The van der Waals surface area contributed by atoms with Crippen LogP contribution in [0.1, 0.15) is 32.6 Å². The summed E-state index contributed by atoms with van der Waals surface area (Å²) in [5.41, 5.74) is 5.61. The first-order chi connectivity index (χ1) is 6.15. The zero-order valence-corrected chi connectivity index (χ0v) is 9.09. The van der Waals surface area contributed by atoms with Crippen molar-refractivity contribution >= 4 is 24.2 Å². The number of aliphatic carboxylic acids is 1. The zero-order valence-electron chi connectivity index (χ0n) is 8.27. The molecule has 1 rings (SSSR count). The highest BCUT2D eigenvalue weighted by atomic mass is 35.5. The monoisotopic (exact) mass is 220 g/mol. The van der Waals surface area contributed by atoms with Gasteiger partial charge in [-0.1, -0.05) is 6.92 Å². The molecule has 0 aliphatic heterocycles. The Kier molecular flexibility index (Phi) is 5.53. The van der Waals surface area contributed by atoms with Crippen LogP contribution >= 0.6 is 12.4 Å². The molecule has 14 heavy (non-hydrogen) atoms. The van der Waals surface area contributed by atoms with Gasteiger partial charge in [-0.05, 0) is 25.7 Å². The minimum atomic E-state index is -0.872. The van der Waals surface area contributed by atoms with Crippen LogP contribution in [0.5, 0.6) is 0 Å². The molecule has 3 N–H and O–H groups in total. The second kappa shape index (κ2) is 5.86. The smallest absolute Gasteiger partial charge is 0.314 e. The molecular weight excluding hydrogens is 204 g/mol. The maximum atomic E-state index is 10.7. The van der Waals surface area contributed by atoms with E-state index < -0.39 is 11.9 Å². The van der Waals surface area contributed by atoms with Crippen molar-refractivity contribution in [2.45, 2.75) is 38.6 Å². The molecule has 4 nitrogen and oxygen atoms in total. The van der Waals surface area contributed by atoms with Gasteiger partial charge in [-0.25, -0.2) is 0 Å². The van der Waals surface area contributed by atoms with Crippen molar-refractivity contribution in [3.8, 4) is 0 Å². The predicted octanol–water partition coefficient (Wildman–Crippen LogP) is 1.43. The number of rotatable bonds is 4. The highest BCUT2D eigenvalue weighted by Gasteiger charge is 2.22. The van der Waals surface area contributed by atoms with Gasteiger partial charge in [-0.15, -0.1) is 12.4 Å². The van der Waals surface area contributed by atoms with Crippen molar-refractivity contribution < 1.29 is 9.90 Å². The molecule has 0 aromatic rings. The Morgan fingerprint density at radius 1 is 1.64 bits per heavy atom. The molecule has 0 saturated heterocycles. The first-order valence-corrected chi connectivity index (χ1v) is 4.71. The van der Waals surface area contributed by atoms with E-state index in [9.17, 15) is 4.79 Å². The Hall–Kier alpha value is -0.770. The third-order valence-corrected chi connectivity index (χ3v) is 2.47. The fraction of sp³-hybridized carbons (Fsp3) is 0.778. The van der Waals surface area contributed by atoms with Crippen LogP contribution in [-0.4, -0.2) is 23.0 Å². The second-order valence-corrected chi connectivity index (χ2v) is 3.44. The highest BCUT2D eigenvalue weighted by Crippen LogP contribution is 2.22. The summed E-state index contributed by atoms with van der Waals surface area (Å²) in [5, 5.41) is 8.79. The minimum absolute atomic E-state index is 0. The summed E-state index contributed by atoms with van der Waals surface area (Å²) in [5.74, 6) is -1.18. The van der Waals surface area contributed by atoms with Crippen LogP contribution in [-0.2, 0) is 4.79 Å². The van der Waals surface area contributed by atoms with E-state index in [0.29, 0.717) is 12.3 Å². The van der Waals surface area contributed by atoms with E-state index >= 15 is 0 Å². The molecule has 82 valence electrons. The van der Waals surface area contributed by atoms with Crippen LogP contribution in [0.3, 0.4) is 0 Å². The van der Waals surface area contributed by atoms with Gasteiger partial charge < -0.3 is 10.8 Å². The normalized spacial score (nSPS) is 19.4. The molecule has 0 amide bonds. The summed E-state index contributed by atoms with van der Waals surface area (Å²) in [7, 11) is 0.